The zero-order valence-corrected chi connectivity index (χ0v) is 11.3. The predicted octanol–water partition coefficient (Wildman–Crippen LogP) is 4.23. The lowest BCUT2D eigenvalue weighted by molar-refractivity contribution is 0.626. The van der Waals surface area contributed by atoms with Crippen LogP contribution in [0.1, 0.15) is 11.1 Å². The Morgan fingerprint density at radius 1 is 1.17 bits per heavy atom. The van der Waals surface area contributed by atoms with Crippen molar-refractivity contribution >= 4 is 23.4 Å². The third kappa shape index (κ3) is 3.48. The van der Waals surface area contributed by atoms with Crippen LogP contribution in [0.25, 0.3) is 0 Å². The lowest BCUT2D eigenvalue weighted by Gasteiger charge is -2.06. The maximum atomic E-state index is 13.1. The maximum absolute atomic E-state index is 13.1. The highest BCUT2D eigenvalue weighted by Crippen LogP contribution is 2.27. The van der Waals surface area contributed by atoms with Crippen LogP contribution < -0.4 is 5.73 Å². The molecule has 0 amide bonds. The molecule has 0 aliphatic rings. The molecule has 0 aliphatic heterocycles. The topological polar surface area (TPSA) is 26.0 Å². The van der Waals surface area contributed by atoms with Gasteiger partial charge in [0, 0.05) is 22.2 Å². The molecule has 2 N–H and O–H groups in total. The van der Waals surface area contributed by atoms with Crippen LogP contribution in [0.3, 0.4) is 0 Å². The van der Waals surface area contributed by atoms with Gasteiger partial charge in [0.05, 0.1) is 0 Å². The van der Waals surface area contributed by atoms with Crippen LogP contribution in [-0.2, 0) is 12.3 Å². The van der Waals surface area contributed by atoms with Crippen LogP contribution in [0.5, 0.6) is 0 Å². The molecule has 0 radical (unpaired) electrons. The van der Waals surface area contributed by atoms with E-state index in [1.54, 1.807) is 17.8 Å². The van der Waals surface area contributed by atoms with Crippen molar-refractivity contribution in [2.24, 2.45) is 5.73 Å². The first-order chi connectivity index (χ1) is 8.69. The number of rotatable bonds is 4. The van der Waals surface area contributed by atoms with Crippen molar-refractivity contribution in [2.75, 3.05) is 0 Å². The molecule has 4 heteroatoms. The van der Waals surface area contributed by atoms with Gasteiger partial charge in [-0.1, -0.05) is 23.7 Å². The van der Waals surface area contributed by atoms with Gasteiger partial charge >= 0.3 is 0 Å². The van der Waals surface area contributed by atoms with Gasteiger partial charge in [-0.15, -0.1) is 11.8 Å². The molecule has 2 rings (SSSR count). The fraction of sp³-hybridized carbons (Fsp3) is 0.143. The first kappa shape index (κ1) is 13.4. The largest absolute Gasteiger partial charge is 0.326 e. The molecule has 0 atom stereocenters. The van der Waals surface area contributed by atoms with Crippen molar-refractivity contribution in [2.45, 2.75) is 17.2 Å². The number of hydrogen-bond acceptors (Lipinski definition) is 2. The lowest BCUT2D eigenvalue weighted by Crippen LogP contribution is -1.95. The Bertz CT molecular complexity index is 545. The third-order valence-corrected chi connectivity index (χ3v) is 3.95. The fourth-order valence-electron chi connectivity index (χ4n) is 1.58. The highest BCUT2D eigenvalue weighted by atomic mass is 35.5. The molecular weight excluding hydrogens is 269 g/mol. The monoisotopic (exact) mass is 281 g/mol. The van der Waals surface area contributed by atoms with Crippen LogP contribution in [-0.4, -0.2) is 0 Å². The molecule has 1 nitrogen and oxygen atoms in total. The maximum Gasteiger partial charge on any atom is 0.123 e. The van der Waals surface area contributed by atoms with Crippen molar-refractivity contribution in [3.8, 4) is 0 Å². The molecular formula is C14H13ClFNS. The SMILES string of the molecule is NCc1cccc(SCc2cc(F)ccc2Cl)c1. The van der Waals surface area contributed by atoms with Crippen molar-refractivity contribution in [3.63, 3.8) is 0 Å². The van der Waals surface area contributed by atoms with E-state index in [1.165, 1.54) is 12.1 Å². The summed E-state index contributed by atoms with van der Waals surface area (Å²) in [5.41, 5.74) is 7.48. The third-order valence-electron chi connectivity index (χ3n) is 2.54. The molecule has 0 aromatic heterocycles. The van der Waals surface area contributed by atoms with Gasteiger partial charge < -0.3 is 5.73 Å². The van der Waals surface area contributed by atoms with Crippen molar-refractivity contribution in [1.29, 1.82) is 0 Å². The molecule has 0 spiro atoms. The van der Waals surface area contributed by atoms with Crippen LogP contribution >= 0.6 is 23.4 Å². The highest BCUT2D eigenvalue weighted by Gasteiger charge is 2.03. The second-order valence-electron chi connectivity index (χ2n) is 3.88. The minimum atomic E-state index is -0.259. The number of benzene rings is 2. The second kappa shape index (κ2) is 6.23. The molecule has 94 valence electrons. The average molecular weight is 282 g/mol. The van der Waals surface area contributed by atoms with E-state index in [9.17, 15) is 4.39 Å². The molecule has 0 heterocycles. The number of thioether (sulfide) groups is 1. The minimum Gasteiger partial charge on any atom is -0.326 e. The Labute approximate surface area is 115 Å². The van der Waals surface area contributed by atoms with Crippen molar-refractivity contribution in [1.82, 2.24) is 0 Å². The van der Waals surface area contributed by atoms with Crippen LogP contribution in [0.2, 0.25) is 5.02 Å². The summed E-state index contributed by atoms with van der Waals surface area (Å²) >= 11 is 7.64. The predicted molar refractivity (Wildman–Crippen MR) is 75.3 cm³/mol. The standard InChI is InChI=1S/C14H13ClFNS/c15-14-5-4-12(16)7-11(14)9-18-13-3-1-2-10(6-13)8-17/h1-7H,8-9,17H2. The van der Waals surface area contributed by atoms with Crippen molar-refractivity contribution in [3.05, 3.63) is 64.4 Å². The van der Waals surface area contributed by atoms with E-state index < -0.39 is 0 Å². The Morgan fingerprint density at radius 3 is 2.78 bits per heavy atom. The van der Waals surface area contributed by atoms with E-state index in [1.807, 2.05) is 24.3 Å². The molecule has 2 aromatic carbocycles. The smallest absolute Gasteiger partial charge is 0.123 e. The quantitative estimate of drug-likeness (QED) is 0.849. The van der Waals surface area contributed by atoms with Gasteiger partial charge in [0.25, 0.3) is 0 Å². The summed E-state index contributed by atoms with van der Waals surface area (Å²) in [7, 11) is 0. The Balaban J connectivity index is 2.08. The Kier molecular flexibility index (Phi) is 4.64. The summed E-state index contributed by atoms with van der Waals surface area (Å²) in [5.74, 6) is 0.385. The number of halogens is 2. The molecule has 0 fully saturated rings. The van der Waals surface area contributed by atoms with E-state index in [4.69, 9.17) is 17.3 Å². The zero-order valence-electron chi connectivity index (χ0n) is 9.70. The van der Waals surface area contributed by atoms with Crippen molar-refractivity contribution < 1.29 is 4.39 Å². The van der Waals surface area contributed by atoms with Gasteiger partial charge in [-0.25, -0.2) is 4.39 Å². The summed E-state index contributed by atoms with van der Waals surface area (Å²) in [6.07, 6.45) is 0. The molecule has 0 unspecified atom stereocenters. The van der Waals surface area contributed by atoms with E-state index >= 15 is 0 Å². The first-order valence-corrected chi connectivity index (χ1v) is 6.91. The average Bonchev–Trinajstić information content (AvgIpc) is 2.40. The van der Waals surface area contributed by atoms with E-state index in [0.717, 1.165) is 16.0 Å². The minimum absolute atomic E-state index is 0.259. The number of hydrogen-bond donors (Lipinski definition) is 1. The summed E-state index contributed by atoms with van der Waals surface area (Å²) in [5, 5.41) is 0.596. The lowest BCUT2D eigenvalue weighted by atomic mass is 10.2. The second-order valence-corrected chi connectivity index (χ2v) is 5.33. The zero-order chi connectivity index (χ0) is 13.0. The Morgan fingerprint density at radius 2 is 2.00 bits per heavy atom. The normalized spacial score (nSPS) is 10.6. The fourth-order valence-corrected chi connectivity index (χ4v) is 2.81. The summed E-state index contributed by atoms with van der Waals surface area (Å²) in [6, 6.07) is 12.4. The van der Waals surface area contributed by atoms with Gasteiger partial charge in [-0.2, -0.15) is 0 Å². The molecule has 0 saturated heterocycles. The van der Waals surface area contributed by atoms with E-state index in [2.05, 4.69) is 0 Å². The molecule has 2 aromatic rings. The van der Waals surface area contributed by atoms with Crippen LogP contribution in [0, 0.1) is 5.82 Å². The molecule has 0 saturated carbocycles. The summed E-state index contributed by atoms with van der Waals surface area (Å²) in [4.78, 5) is 1.11. The van der Waals surface area contributed by atoms with Crippen LogP contribution in [0.15, 0.2) is 47.4 Å². The Hall–Kier alpha value is -1.03. The van der Waals surface area contributed by atoms with Gasteiger partial charge in [-0.3, -0.25) is 0 Å². The van der Waals surface area contributed by atoms with Gasteiger partial charge in [0.15, 0.2) is 0 Å². The van der Waals surface area contributed by atoms with E-state index in [-0.39, 0.29) is 5.82 Å². The summed E-state index contributed by atoms with van der Waals surface area (Å²) < 4.78 is 13.1. The molecule has 0 bridgehead atoms. The van der Waals surface area contributed by atoms with Crippen LogP contribution in [0.4, 0.5) is 4.39 Å². The first-order valence-electron chi connectivity index (χ1n) is 5.55. The van der Waals surface area contributed by atoms with Gasteiger partial charge in [-0.05, 0) is 41.5 Å². The molecule has 0 aliphatic carbocycles. The van der Waals surface area contributed by atoms with E-state index in [0.29, 0.717) is 17.3 Å². The highest BCUT2D eigenvalue weighted by molar-refractivity contribution is 7.98. The van der Waals surface area contributed by atoms with Gasteiger partial charge in [0.1, 0.15) is 5.82 Å². The molecule has 18 heavy (non-hydrogen) atoms. The van der Waals surface area contributed by atoms with Gasteiger partial charge in [0.2, 0.25) is 0 Å². The number of nitrogens with two attached hydrogens (primary N) is 1. The summed E-state index contributed by atoms with van der Waals surface area (Å²) in [6.45, 7) is 0.523.